The smallest absolute Gasteiger partial charge is 0.235 e. The summed E-state index contributed by atoms with van der Waals surface area (Å²) in [5.74, 6) is 1.32. The van der Waals surface area contributed by atoms with Crippen LogP contribution in [0.25, 0.3) is 0 Å². The monoisotopic (exact) mass is 325 g/mol. The van der Waals surface area contributed by atoms with E-state index in [1.807, 2.05) is 6.07 Å². The van der Waals surface area contributed by atoms with E-state index in [2.05, 4.69) is 27.8 Å². The summed E-state index contributed by atoms with van der Waals surface area (Å²) in [5, 5.41) is 0. The second-order valence-electron chi connectivity index (χ2n) is 4.54. The van der Waals surface area contributed by atoms with Crippen LogP contribution in [0.2, 0.25) is 0 Å². The van der Waals surface area contributed by atoms with Crippen LogP contribution in [-0.2, 0) is 16.8 Å². The number of benzene rings is 1. The van der Waals surface area contributed by atoms with Gasteiger partial charge in [-0.2, -0.15) is 4.99 Å². The van der Waals surface area contributed by atoms with Gasteiger partial charge in [-0.3, -0.25) is 0 Å². The van der Waals surface area contributed by atoms with E-state index in [-0.39, 0.29) is 0 Å². The van der Waals surface area contributed by atoms with Gasteiger partial charge in [0.1, 0.15) is 0 Å². The Morgan fingerprint density at radius 3 is 2.53 bits per heavy atom. The average molecular weight is 326 g/mol. The van der Waals surface area contributed by atoms with Gasteiger partial charge in [0.15, 0.2) is 11.5 Å². The quantitative estimate of drug-likeness (QED) is 0.616. The average Bonchev–Trinajstić information content (AvgIpc) is 3.18. The first-order valence-corrected chi connectivity index (χ1v) is 6.95. The van der Waals surface area contributed by atoms with Crippen molar-refractivity contribution in [3.05, 3.63) is 21.7 Å². The minimum Gasteiger partial charge on any atom is -0.493 e. The van der Waals surface area contributed by atoms with Gasteiger partial charge in [-0.15, -0.1) is 0 Å². The molecule has 0 aliphatic heterocycles. The zero-order chi connectivity index (χ0) is 14.0. The lowest BCUT2D eigenvalue weighted by molar-refractivity contribution is 0.351. The van der Waals surface area contributed by atoms with E-state index in [1.165, 1.54) is 0 Å². The van der Waals surface area contributed by atoms with E-state index in [4.69, 9.17) is 9.47 Å². The molecule has 1 aliphatic rings. The molecule has 0 radical (unpaired) electrons. The third-order valence-electron chi connectivity index (χ3n) is 3.55. The summed E-state index contributed by atoms with van der Waals surface area (Å²) < 4.78 is 11.6. The Labute approximate surface area is 120 Å². The van der Waals surface area contributed by atoms with Crippen molar-refractivity contribution in [2.24, 2.45) is 4.99 Å². The number of hydrogen-bond donors (Lipinski definition) is 0. The molecule has 19 heavy (non-hydrogen) atoms. The highest BCUT2D eigenvalue weighted by atomic mass is 79.9. The molecule has 1 aromatic rings. The summed E-state index contributed by atoms with van der Waals surface area (Å²) in [6.07, 6.45) is 4.26. The highest BCUT2D eigenvalue weighted by Crippen LogP contribution is 2.54. The number of ether oxygens (including phenoxy) is 2. The Bertz CT molecular complexity index is 546. The third kappa shape index (κ3) is 2.28. The van der Waals surface area contributed by atoms with E-state index in [1.54, 1.807) is 20.3 Å². The van der Waals surface area contributed by atoms with Crippen molar-refractivity contribution >= 4 is 22.0 Å². The van der Waals surface area contributed by atoms with Gasteiger partial charge in [0.25, 0.3) is 0 Å². The molecule has 0 saturated heterocycles. The molecule has 1 fully saturated rings. The van der Waals surface area contributed by atoms with E-state index in [0.29, 0.717) is 11.5 Å². The molecule has 0 heterocycles. The molecule has 0 spiro atoms. The number of isocyanates is 1. The summed E-state index contributed by atoms with van der Waals surface area (Å²) in [5.41, 5.74) is 1.73. The zero-order valence-electron chi connectivity index (χ0n) is 11.2. The molecular formula is C14H16BrNO3. The Hall–Kier alpha value is -1.32. The van der Waals surface area contributed by atoms with Crippen LogP contribution in [0.15, 0.2) is 15.5 Å². The van der Waals surface area contributed by atoms with Gasteiger partial charge < -0.3 is 9.47 Å². The van der Waals surface area contributed by atoms with Gasteiger partial charge in [0, 0.05) is 0 Å². The Morgan fingerprint density at radius 1 is 1.42 bits per heavy atom. The number of carbonyl (C=O) groups excluding carboxylic acids is 1. The number of methoxy groups -OCH3 is 2. The Kier molecular flexibility index (Phi) is 3.97. The molecule has 0 atom stereocenters. The summed E-state index contributed by atoms with van der Waals surface area (Å²) in [4.78, 5) is 14.6. The van der Waals surface area contributed by atoms with Crippen LogP contribution in [0.3, 0.4) is 0 Å². The molecule has 4 nitrogen and oxygen atoms in total. The molecule has 0 N–H and O–H groups in total. The standard InChI is InChI=1S/C14H16BrNO3/c1-4-9-10(14(5-6-14)16-8-17)7-11(18-2)13(19-3)12(9)15/h7H,4-6H2,1-3H3. The van der Waals surface area contributed by atoms with Gasteiger partial charge in [-0.25, -0.2) is 4.79 Å². The normalized spacial score (nSPS) is 15.6. The molecule has 0 amide bonds. The van der Waals surface area contributed by atoms with Crippen molar-refractivity contribution in [1.82, 2.24) is 0 Å². The number of rotatable bonds is 5. The fraction of sp³-hybridized carbons (Fsp3) is 0.500. The highest BCUT2D eigenvalue weighted by molar-refractivity contribution is 9.10. The van der Waals surface area contributed by atoms with E-state index >= 15 is 0 Å². The summed E-state index contributed by atoms with van der Waals surface area (Å²) in [6.45, 7) is 2.07. The fourth-order valence-corrected chi connectivity index (χ4v) is 3.25. The molecular weight excluding hydrogens is 310 g/mol. The lowest BCUT2D eigenvalue weighted by Gasteiger charge is -2.20. The maximum absolute atomic E-state index is 10.6. The van der Waals surface area contributed by atoms with Crippen molar-refractivity contribution in [1.29, 1.82) is 0 Å². The van der Waals surface area contributed by atoms with Gasteiger partial charge >= 0.3 is 0 Å². The molecule has 102 valence electrons. The second-order valence-corrected chi connectivity index (χ2v) is 5.33. The van der Waals surface area contributed by atoms with Gasteiger partial charge in [-0.05, 0) is 52.4 Å². The van der Waals surface area contributed by atoms with Crippen molar-refractivity contribution < 1.29 is 14.3 Å². The van der Waals surface area contributed by atoms with Gasteiger partial charge in [0.05, 0.1) is 24.2 Å². The molecule has 1 aromatic carbocycles. The van der Waals surface area contributed by atoms with E-state index in [9.17, 15) is 4.79 Å². The number of halogens is 1. The van der Waals surface area contributed by atoms with Crippen molar-refractivity contribution in [3.63, 3.8) is 0 Å². The molecule has 5 heteroatoms. The maximum atomic E-state index is 10.6. The largest absolute Gasteiger partial charge is 0.493 e. The molecule has 0 unspecified atom stereocenters. The molecule has 0 bridgehead atoms. The number of aliphatic imine (C=N–C) groups is 1. The molecule has 2 rings (SSSR count). The van der Waals surface area contributed by atoms with Crippen molar-refractivity contribution in [2.75, 3.05) is 14.2 Å². The SMILES string of the molecule is CCc1c(C2(N=C=O)CC2)cc(OC)c(OC)c1Br. The van der Waals surface area contributed by atoms with Crippen LogP contribution in [-0.4, -0.2) is 20.3 Å². The Morgan fingerprint density at radius 2 is 2.11 bits per heavy atom. The summed E-state index contributed by atoms with van der Waals surface area (Å²) >= 11 is 3.57. The van der Waals surface area contributed by atoms with Crippen LogP contribution in [0.5, 0.6) is 11.5 Å². The predicted octanol–water partition coefficient (Wildman–Crippen LogP) is 3.35. The maximum Gasteiger partial charge on any atom is 0.235 e. The van der Waals surface area contributed by atoms with E-state index < -0.39 is 5.54 Å². The minimum atomic E-state index is -0.408. The first-order chi connectivity index (χ1) is 9.13. The third-order valence-corrected chi connectivity index (χ3v) is 4.39. The first kappa shape index (κ1) is 14.1. The molecule has 1 aliphatic carbocycles. The van der Waals surface area contributed by atoms with Crippen molar-refractivity contribution in [3.8, 4) is 11.5 Å². The van der Waals surface area contributed by atoms with Crippen LogP contribution < -0.4 is 9.47 Å². The van der Waals surface area contributed by atoms with Crippen LogP contribution in [0.1, 0.15) is 30.9 Å². The van der Waals surface area contributed by atoms with Crippen LogP contribution in [0, 0.1) is 0 Å². The number of nitrogens with zero attached hydrogens (tertiary/aromatic N) is 1. The van der Waals surface area contributed by atoms with Crippen molar-refractivity contribution in [2.45, 2.75) is 31.7 Å². The lowest BCUT2D eigenvalue weighted by atomic mass is 9.96. The van der Waals surface area contributed by atoms with Gasteiger partial charge in [-0.1, -0.05) is 6.92 Å². The van der Waals surface area contributed by atoms with E-state index in [0.717, 1.165) is 34.9 Å². The minimum absolute atomic E-state index is 0.408. The topological polar surface area (TPSA) is 47.9 Å². The molecule has 0 aromatic heterocycles. The zero-order valence-corrected chi connectivity index (χ0v) is 12.8. The van der Waals surface area contributed by atoms with Gasteiger partial charge in [0.2, 0.25) is 6.08 Å². The predicted molar refractivity (Wildman–Crippen MR) is 75.7 cm³/mol. The molecule has 1 saturated carbocycles. The van der Waals surface area contributed by atoms with Crippen LogP contribution in [0.4, 0.5) is 0 Å². The highest BCUT2D eigenvalue weighted by Gasteiger charge is 2.47. The Balaban J connectivity index is 2.67. The first-order valence-electron chi connectivity index (χ1n) is 6.16. The summed E-state index contributed by atoms with van der Waals surface area (Å²) in [7, 11) is 3.21. The fourth-order valence-electron chi connectivity index (χ4n) is 2.40. The second kappa shape index (κ2) is 5.35. The number of hydrogen-bond acceptors (Lipinski definition) is 4. The lowest BCUT2D eigenvalue weighted by Crippen LogP contribution is -2.09. The van der Waals surface area contributed by atoms with Crippen LogP contribution >= 0.6 is 15.9 Å². The summed E-state index contributed by atoms with van der Waals surface area (Å²) in [6, 6.07) is 1.93.